The molecule has 0 aliphatic heterocycles. The van der Waals surface area contributed by atoms with E-state index in [1.807, 2.05) is 54.8 Å². The van der Waals surface area contributed by atoms with Crippen LogP contribution in [0.4, 0.5) is 5.69 Å². The molecule has 2 aromatic carbocycles. The minimum absolute atomic E-state index is 0.232. The molecular weight excluding hydrogens is 338 g/mol. The van der Waals surface area contributed by atoms with Crippen LogP contribution in [0.25, 0.3) is 0 Å². The van der Waals surface area contributed by atoms with Gasteiger partial charge in [0.2, 0.25) is 0 Å². The monoisotopic (exact) mass is 355 g/mol. The van der Waals surface area contributed by atoms with Crippen molar-refractivity contribution in [1.82, 2.24) is 0 Å². The van der Waals surface area contributed by atoms with Gasteiger partial charge in [0.1, 0.15) is 5.76 Å². The third kappa shape index (κ3) is 4.46. The normalized spacial score (nSPS) is 10.5. The summed E-state index contributed by atoms with van der Waals surface area (Å²) in [7, 11) is 0. The highest BCUT2D eigenvalue weighted by Gasteiger charge is 2.12. The summed E-state index contributed by atoms with van der Waals surface area (Å²) in [5.74, 6) is 1.57. The molecule has 0 bridgehead atoms. The summed E-state index contributed by atoms with van der Waals surface area (Å²) in [5, 5.41) is 2.87. The number of rotatable bonds is 6. The summed E-state index contributed by atoms with van der Waals surface area (Å²) in [5.41, 5.74) is 0.767. The van der Waals surface area contributed by atoms with Crippen molar-refractivity contribution >= 4 is 35.1 Å². The molecule has 0 saturated heterocycles. The Morgan fingerprint density at radius 3 is 2.58 bits per heavy atom. The van der Waals surface area contributed by atoms with Gasteiger partial charge < -0.3 is 9.73 Å². The zero-order valence-corrected chi connectivity index (χ0v) is 14.8. The largest absolute Gasteiger partial charge is 0.455 e. The smallest absolute Gasteiger partial charge is 0.291 e. The number of carbonyl (C=O) groups excluding carboxylic acids is 1. The fourth-order valence-electron chi connectivity index (χ4n) is 2.14. The van der Waals surface area contributed by atoms with Gasteiger partial charge in [-0.05, 0) is 48.7 Å². The predicted octanol–water partition coefficient (Wildman–Crippen LogP) is 5.55. The van der Waals surface area contributed by atoms with Gasteiger partial charge in [-0.1, -0.05) is 24.3 Å². The first-order valence-corrected chi connectivity index (χ1v) is 9.67. The molecule has 122 valence electrons. The molecule has 3 aromatic rings. The van der Waals surface area contributed by atoms with Crippen molar-refractivity contribution in [3.8, 4) is 0 Å². The van der Waals surface area contributed by atoms with Gasteiger partial charge in [0, 0.05) is 15.5 Å². The summed E-state index contributed by atoms with van der Waals surface area (Å²) in [6.07, 6.45) is 2.00. The Balaban J connectivity index is 1.61. The Labute approximate surface area is 149 Å². The van der Waals surface area contributed by atoms with Crippen LogP contribution in [0.1, 0.15) is 16.3 Å². The minimum atomic E-state index is -0.232. The summed E-state index contributed by atoms with van der Waals surface area (Å²) in [6.45, 7) is 0. The van der Waals surface area contributed by atoms with E-state index in [1.54, 1.807) is 29.6 Å². The highest BCUT2D eigenvalue weighted by Crippen LogP contribution is 2.24. The lowest BCUT2D eigenvalue weighted by Gasteiger charge is -2.04. The van der Waals surface area contributed by atoms with E-state index in [2.05, 4.69) is 17.4 Å². The average molecular weight is 355 g/mol. The fourth-order valence-corrected chi connectivity index (χ4v) is 3.42. The number of furan rings is 1. The van der Waals surface area contributed by atoms with Gasteiger partial charge in [-0.15, -0.1) is 23.5 Å². The number of nitrogens with one attached hydrogen (secondary N) is 1. The number of hydrogen-bond donors (Lipinski definition) is 1. The SMILES string of the molecule is CSc1cccc(NC(=O)c2ccc(CSc3ccccc3)o2)c1. The summed E-state index contributed by atoms with van der Waals surface area (Å²) in [6, 6.07) is 21.4. The third-order valence-electron chi connectivity index (χ3n) is 3.34. The number of amides is 1. The first kappa shape index (κ1) is 16.7. The number of anilines is 1. The standard InChI is InChI=1S/C19H17NO2S2/c1-23-17-9-5-6-14(12-17)20-19(21)18-11-10-15(22-18)13-24-16-7-3-2-4-8-16/h2-12H,13H2,1H3,(H,20,21). The second kappa shape index (κ2) is 8.13. The van der Waals surface area contributed by atoms with Crippen molar-refractivity contribution in [3.63, 3.8) is 0 Å². The van der Waals surface area contributed by atoms with E-state index >= 15 is 0 Å². The topological polar surface area (TPSA) is 42.2 Å². The van der Waals surface area contributed by atoms with E-state index < -0.39 is 0 Å². The molecular formula is C19H17NO2S2. The molecule has 24 heavy (non-hydrogen) atoms. The average Bonchev–Trinajstić information content (AvgIpc) is 3.10. The first-order chi connectivity index (χ1) is 11.7. The van der Waals surface area contributed by atoms with Crippen LogP contribution in [0.15, 0.2) is 80.9 Å². The summed E-state index contributed by atoms with van der Waals surface area (Å²) in [4.78, 5) is 14.6. The Kier molecular flexibility index (Phi) is 5.67. The Morgan fingerprint density at radius 2 is 1.79 bits per heavy atom. The molecule has 0 fully saturated rings. The van der Waals surface area contributed by atoms with Crippen LogP contribution < -0.4 is 5.32 Å². The highest BCUT2D eigenvalue weighted by atomic mass is 32.2. The van der Waals surface area contributed by atoms with Gasteiger partial charge in [0.15, 0.2) is 5.76 Å². The van der Waals surface area contributed by atoms with Crippen molar-refractivity contribution in [2.75, 3.05) is 11.6 Å². The van der Waals surface area contributed by atoms with E-state index in [0.29, 0.717) is 11.5 Å². The van der Waals surface area contributed by atoms with Gasteiger partial charge in [-0.2, -0.15) is 0 Å². The van der Waals surface area contributed by atoms with Crippen LogP contribution in [0.5, 0.6) is 0 Å². The van der Waals surface area contributed by atoms with Crippen LogP contribution in [-0.4, -0.2) is 12.2 Å². The van der Waals surface area contributed by atoms with Gasteiger partial charge >= 0.3 is 0 Å². The van der Waals surface area contributed by atoms with E-state index in [1.165, 1.54) is 4.90 Å². The molecule has 0 aliphatic rings. The van der Waals surface area contributed by atoms with Crippen LogP contribution in [0, 0.1) is 0 Å². The van der Waals surface area contributed by atoms with Crippen LogP contribution >= 0.6 is 23.5 Å². The Bertz CT molecular complexity index is 815. The molecule has 1 N–H and O–H groups in total. The molecule has 0 aliphatic carbocycles. The number of hydrogen-bond acceptors (Lipinski definition) is 4. The van der Waals surface area contributed by atoms with E-state index in [-0.39, 0.29) is 5.91 Å². The quantitative estimate of drug-likeness (QED) is 0.589. The molecule has 5 heteroatoms. The lowest BCUT2D eigenvalue weighted by atomic mass is 10.3. The number of benzene rings is 2. The molecule has 0 unspecified atom stereocenters. The minimum Gasteiger partial charge on any atom is -0.455 e. The second-order valence-electron chi connectivity index (χ2n) is 5.05. The van der Waals surface area contributed by atoms with Crippen molar-refractivity contribution in [1.29, 1.82) is 0 Å². The fraction of sp³-hybridized carbons (Fsp3) is 0.105. The predicted molar refractivity (Wildman–Crippen MR) is 101 cm³/mol. The van der Waals surface area contributed by atoms with Crippen LogP contribution in [0.3, 0.4) is 0 Å². The van der Waals surface area contributed by atoms with Gasteiger partial charge in [-0.3, -0.25) is 4.79 Å². The molecule has 1 aromatic heterocycles. The number of thioether (sulfide) groups is 2. The molecule has 3 rings (SSSR count). The molecule has 3 nitrogen and oxygen atoms in total. The van der Waals surface area contributed by atoms with Gasteiger partial charge in [0.05, 0.1) is 5.75 Å². The van der Waals surface area contributed by atoms with Crippen LogP contribution in [0.2, 0.25) is 0 Å². The highest BCUT2D eigenvalue weighted by molar-refractivity contribution is 7.98. The number of carbonyl (C=O) groups is 1. The van der Waals surface area contributed by atoms with Gasteiger partial charge in [0.25, 0.3) is 5.91 Å². The molecule has 0 atom stereocenters. The maximum atomic E-state index is 12.3. The Hall–Kier alpha value is -2.11. The Morgan fingerprint density at radius 1 is 1.00 bits per heavy atom. The zero-order chi connectivity index (χ0) is 16.8. The van der Waals surface area contributed by atoms with Crippen molar-refractivity contribution < 1.29 is 9.21 Å². The van der Waals surface area contributed by atoms with Crippen LogP contribution in [-0.2, 0) is 5.75 Å². The van der Waals surface area contributed by atoms with Crippen molar-refractivity contribution in [2.45, 2.75) is 15.5 Å². The van der Waals surface area contributed by atoms with Crippen molar-refractivity contribution in [3.05, 3.63) is 78.3 Å². The second-order valence-corrected chi connectivity index (χ2v) is 6.98. The van der Waals surface area contributed by atoms with Gasteiger partial charge in [-0.25, -0.2) is 0 Å². The molecule has 0 spiro atoms. The molecule has 0 radical (unpaired) electrons. The van der Waals surface area contributed by atoms with E-state index in [9.17, 15) is 4.79 Å². The maximum absolute atomic E-state index is 12.3. The van der Waals surface area contributed by atoms with Crippen molar-refractivity contribution in [2.24, 2.45) is 0 Å². The third-order valence-corrected chi connectivity index (χ3v) is 5.10. The summed E-state index contributed by atoms with van der Waals surface area (Å²) >= 11 is 3.32. The first-order valence-electron chi connectivity index (χ1n) is 7.46. The zero-order valence-electron chi connectivity index (χ0n) is 13.2. The lowest BCUT2D eigenvalue weighted by molar-refractivity contribution is 0.0995. The lowest BCUT2D eigenvalue weighted by Crippen LogP contribution is -2.10. The summed E-state index contributed by atoms with van der Waals surface area (Å²) < 4.78 is 5.66. The van der Waals surface area contributed by atoms with E-state index in [0.717, 1.165) is 16.3 Å². The molecule has 1 heterocycles. The maximum Gasteiger partial charge on any atom is 0.291 e. The van der Waals surface area contributed by atoms with E-state index in [4.69, 9.17) is 4.42 Å². The molecule has 0 saturated carbocycles. The molecule has 1 amide bonds.